The standard InChI is InChI=1S/C20H22N2O4/c1-11-6-12(2)21-18(7-11)22-19(24)17-10-25-15-9-14(23)13(20(3,4)5)8-16(15)26-17/h6-10,23H,1-5H3,(H,21,22,24). The number of aromatic nitrogens is 1. The first-order valence-electron chi connectivity index (χ1n) is 8.32. The van der Waals surface area contributed by atoms with Crippen LogP contribution in [0.15, 0.2) is 36.3 Å². The summed E-state index contributed by atoms with van der Waals surface area (Å²) in [5.74, 6) is 0.873. The minimum Gasteiger partial charge on any atom is -0.508 e. The number of fused-ring (bicyclic) bond motifs is 1. The number of amides is 1. The van der Waals surface area contributed by atoms with E-state index in [1.807, 2.05) is 40.7 Å². The fourth-order valence-electron chi connectivity index (χ4n) is 2.76. The molecule has 6 heteroatoms. The maximum Gasteiger partial charge on any atom is 0.295 e. The lowest BCUT2D eigenvalue weighted by molar-refractivity contribution is -0.115. The SMILES string of the molecule is Cc1cc(C)nc(NC(=O)C2=COc3cc(O)c(C(C)(C)C)cc3O2)c1. The van der Waals surface area contributed by atoms with Gasteiger partial charge in [-0.1, -0.05) is 20.8 Å². The summed E-state index contributed by atoms with van der Waals surface area (Å²) in [6, 6.07) is 6.89. The molecular weight excluding hydrogens is 332 g/mol. The van der Waals surface area contributed by atoms with E-state index >= 15 is 0 Å². The van der Waals surface area contributed by atoms with Crippen LogP contribution in [0.1, 0.15) is 37.6 Å². The minimum absolute atomic E-state index is 0.0176. The van der Waals surface area contributed by atoms with Crippen LogP contribution in [0, 0.1) is 13.8 Å². The highest BCUT2D eigenvalue weighted by Gasteiger charge is 2.26. The second-order valence-electron chi connectivity index (χ2n) is 7.39. The van der Waals surface area contributed by atoms with Crippen molar-refractivity contribution in [1.29, 1.82) is 0 Å². The van der Waals surface area contributed by atoms with Crippen molar-refractivity contribution in [2.24, 2.45) is 0 Å². The van der Waals surface area contributed by atoms with Crippen molar-refractivity contribution in [2.75, 3.05) is 5.32 Å². The number of ether oxygens (including phenoxy) is 2. The van der Waals surface area contributed by atoms with Gasteiger partial charge in [-0.25, -0.2) is 4.98 Å². The summed E-state index contributed by atoms with van der Waals surface area (Å²) < 4.78 is 11.2. The Balaban J connectivity index is 1.83. The van der Waals surface area contributed by atoms with Gasteiger partial charge in [0.1, 0.15) is 17.8 Å². The molecular formula is C20H22N2O4. The van der Waals surface area contributed by atoms with Crippen LogP contribution in [-0.2, 0) is 10.2 Å². The van der Waals surface area contributed by atoms with E-state index in [2.05, 4.69) is 10.3 Å². The number of phenolic OH excluding ortho intramolecular Hbond substituents is 1. The van der Waals surface area contributed by atoms with Crippen molar-refractivity contribution >= 4 is 11.7 Å². The molecule has 0 spiro atoms. The lowest BCUT2D eigenvalue weighted by Crippen LogP contribution is -2.22. The van der Waals surface area contributed by atoms with Crippen LogP contribution in [0.5, 0.6) is 17.2 Å². The average molecular weight is 354 g/mol. The molecule has 0 radical (unpaired) electrons. The van der Waals surface area contributed by atoms with E-state index in [-0.39, 0.29) is 16.9 Å². The van der Waals surface area contributed by atoms with E-state index in [0.29, 0.717) is 22.9 Å². The van der Waals surface area contributed by atoms with Gasteiger partial charge in [0.25, 0.3) is 5.91 Å². The monoisotopic (exact) mass is 354 g/mol. The molecule has 0 fully saturated rings. The van der Waals surface area contributed by atoms with Gasteiger partial charge in [0.2, 0.25) is 5.76 Å². The maximum atomic E-state index is 12.5. The first-order chi connectivity index (χ1) is 12.1. The minimum atomic E-state index is -0.460. The number of carbonyl (C=O) groups excluding carboxylic acids is 1. The highest BCUT2D eigenvalue weighted by Crippen LogP contribution is 2.42. The molecule has 3 rings (SSSR count). The Bertz CT molecular complexity index is 891. The van der Waals surface area contributed by atoms with E-state index in [1.54, 1.807) is 12.1 Å². The molecule has 0 aliphatic carbocycles. The van der Waals surface area contributed by atoms with E-state index in [0.717, 1.165) is 11.3 Å². The van der Waals surface area contributed by atoms with Crippen molar-refractivity contribution < 1.29 is 19.4 Å². The summed E-state index contributed by atoms with van der Waals surface area (Å²) in [5.41, 5.74) is 2.23. The first-order valence-corrected chi connectivity index (χ1v) is 8.32. The summed E-state index contributed by atoms with van der Waals surface area (Å²) in [6.45, 7) is 9.73. The number of nitrogens with one attached hydrogen (secondary N) is 1. The molecule has 1 aromatic carbocycles. The second kappa shape index (κ2) is 6.37. The average Bonchev–Trinajstić information content (AvgIpc) is 2.51. The van der Waals surface area contributed by atoms with Crippen LogP contribution in [-0.4, -0.2) is 16.0 Å². The number of aryl methyl sites for hydroxylation is 2. The Morgan fingerprint density at radius 1 is 1.12 bits per heavy atom. The Morgan fingerprint density at radius 3 is 2.50 bits per heavy atom. The number of phenols is 1. The molecule has 0 saturated carbocycles. The fraction of sp³-hybridized carbons (Fsp3) is 0.300. The lowest BCUT2D eigenvalue weighted by atomic mass is 9.86. The summed E-state index contributed by atoms with van der Waals surface area (Å²) in [7, 11) is 0. The molecule has 26 heavy (non-hydrogen) atoms. The number of aromatic hydroxyl groups is 1. The molecule has 1 aromatic heterocycles. The highest BCUT2D eigenvalue weighted by atomic mass is 16.6. The predicted octanol–water partition coefficient (Wildman–Crippen LogP) is 3.95. The third kappa shape index (κ3) is 3.64. The molecule has 2 heterocycles. The van der Waals surface area contributed by atoms with E-state index in [9.17, 15) is 9.90 Å². The maximum absolute atomic E-state index is 12.5. The number of hydrogen-bond acceptors (Lipinski definition) is 5. The number of nitrogens with zero attached hydrogens (tertiary/aromatic N) is 1. The van der Waals surface area contributed by atoms with Crippen molar-refractivity contribution in [3.63, 3.8) is 0 Å². The zero-order chi connectivity index (χ0) is 19.1. The topological polar surface area (TPSA) is 80.7 Å². The number of pyridine rings is 1. The zero-order valence-electron chi connectivity index (χ0n) is 15.5. The van der Waals surface area contributed by atoms with Gasteiger partial charge in [-0.2, -0.15) is 0 Å². The summed E-state index contributed by atoms with van der Waals surface area (Å²) in [5, 5.41) is 12.9. The zero-order valence-corrected chi connectivity index (χ0v) is 15.5. The number of rotatable bonds is 2. The van der Waals surface area contributed by atoms with Crippen molar-refractivity contribution in [2.45, 2.75) is 40.0 Å². The van der Waals surface area contributed by atoms with Gasteiger partial charge in [0, 0.05) is 17.3 Å². The molecule has 6 nitrogen and oxygen atoms in total. The smallest absolute Gasteiger partial charge is 0.295 e. The Labute approximate surface area is 152 Å². The third-order valence-corrected chi connectivity index (χ3v) is 3.95. The molecule has 1 aliphatic heterocycles. The Morgan fingerprint density at radius 2 is 1.85 bits per heavy atom. The van der Waals surface area contributed by atoms with Crippen molar-refractivity contribution in [3.05, 3.63) is 53.1 Å². The van der Waals surface area contributed by atoms with Gasteiger partial charge >= 0.3 is 0 Å². The first kappa shape index (κ1) is 17.8. The van der Waals surface area contributed by atoms with Crippen molar-refractivity contribution in [3.8, 4) is 17.2 Å². The summed E-state index contributed by atoms with van der Waals surface area (Å²) >= 11 is 0. The van der Waals surface area contributed by atoms with Crippen LogP contribution >= 0.6 is 0 Å². The molecule has 0 bridgehead atoms. The molecule has 0 atom stereocenters. The number of benzene rings is 1. The van der Waals surface area contributed by atoms with Gasteiger partial charge in [-0.15, -0.1) is 0 Å². The van der Waals surface area contributed by atoms with Gasteiger partial charge in [0.15, 0.2) is 11.5 Å². The van der Waals surface area contributed by atoms with Crippen molar-refractivity contribution in [1.82, 2.24) is 4.98 Å². The Hall–Kier alpha value is -3.02. The molecule has 1 amide bonds. The van der Waals surface area contributed by atoms with Gasteiger partial charge in [-0.3, -0.25) is 4.79 Å². The highest BCUT2D eigenvalue weighted by molar-refractivity contribution is 6.02. The molecule has 0 unspecified atom stereocenters. The van der Waals surface area contributed by atoms with Crippen LogP contribution in [0.25, 0.3) is 0 Å². The lowest BCUT2D eigenvalue weighted by Gasteiger charge is -2.24. The second-order valence-corrected chi connectivity index (χ2v) is 7.39. The summed E-state index contributed by atoms with van der Waals surface area (Å²) in [4.78, 5) is 16.8. The molecule has 1 aliphatic rings. The predicted molar refractivity (Wildman–Crippen MR) is 98.5 cm³/mol. The number of hydrogen-bond donors (Lipinski definition) is 2. The third-order valence-electron chi connectivity index (χ3n) is 3.95. The number of carbonyl (C=O) groups is 1. The van der Waals surface area contributed by atoms with E-state index in [4.69, 9.17) is 9.47 Å². The van der Waals surface area contributed by atoms with Crippen LogP contribution in [0.4, 0.5) is 5.82 Å². The van der Waals surface area contributed by atoms with Crippen LogP contribution in [0.3, 0.4) is 0 Å². The van der Waals surface area contributed by atoms with Gasteiger partial charge in [-0.05, 0) is 43.0 Å². The van der Waals surface area contributed by atoms with Gasteiger partial charge in [0.05, 0.1) is 0 Å². The molecule has 2 N–H and O–H groups in total. The fourth-order valence-corrected chi connectivity index (χ4v) is 2.76. The molecule has 2 aromatic rings. The van der Waals surface area contributed by atoms with E-state index < -0.39 is 5.91 Å². The Kier molecular flexibility index (Phi) is 4.36. The van der Waals surface area contributed by atoms with Gasteiger partial charge < -0.3 is 19.9 Å². The van der Waals surface area contributed by atoms with E-state index in [1.165, 1.54) is 12.3 Å². The van der Waals surface area contributed by atoms with Crippen LogP contribution in [0.2, 0.25) is 0 Å². The normalized spacial score (nSPS) is 13.2. The quantitative estimate of drug-likeness (QED) is 0.853. The summed E-state index contributed by atoms with van der Waals surface area (Å²) in [6.07, 6.45) is 1.22. The molecule has 136 valence electrons. The van der Waals surface area contributed by atoms with Crippen LogP contribution < -0.4 is 14.8 Å². The molecule has 0 saturated heterocycles. The largest absolute Gasteiger partial charge is 0.508 e. The number of anilines is 1.